The fourth-order valence-corrected chi connectivity index (χ4v) is 0. The van der Waals surface area contributed by atoms with E-state index in [0.29, 0.717) is 0 Å². The minimum atomic E-state index is 0. The molecule has 1 radical (unpaired) electrons. The van der Waals surface area contributed by atoms with Crippen molar-refractivity contribution in [3.8, 4) is 0 Å². The molecule has 0 amide bonds. The third-order valence-corrected chi connectivity index (χ3v) is 0. The van der Waals surface area contributed by atoms with Crippen LogP contribution in [0.4, 0.5) is 0 Å². The van der Waals surface area contributed by atoms with E-state index in [1.54, 1.807) is 0 Å². The molecule has 0 rings (SSSR count). The summed E-state index contributed by atoms with van der Waals surface area (Å²) in [4.78, 5) is 3.00. The fourth-order valence-electron chi connectivity index (χ4n) is 0. The van der Waals surface area contributed by atoms with E-state index in [4.69, 9.17) is 22.1 Å². The minimum Gasteiger partial charge on any atom is -0.373 e. The molecule has 0 bridgehead atoms. The molecule has 0 unspecified atom stereocenters. The van der Waals surface area contributed by atoms with Crippen LogP contribution < -0.4 is 0 Å². The SMILES string of the molecule is [N-]=[N+]=[N-].[N-]=[N+]=[N-].[Rh+2]. The summed E-state index contributed by atoms with van der Waals surface area (Å²) >= 11 is 0. The summed E-state index contributed by atoms with van der Waals surface area (Å²) in [5.74, 6) is 0. The molecule has 0 saturated carbocycles. The molecule has 0 aromatic carbocycles. The van der Waals surface area contributed by atoms with Gasteiger partial charge in [-0.25, -0.2) is 0 Å². The van der Waals surface area contributed by atoms with Crippen LogP contribution in [0.15, 0.2) is 0 Å². The van der Waals surface area contributed by atoms with E-state index >= 15 is 0 Å². The zero-order chi connectivity index (χ0) is 5.41. The molecule has 0 aromatic rings. The Morgan fingerprint density at radius 1 is 0.714 bits per heavy atom. The smallest absolute Gasteiger partial charge is 0.373 e. The summed E-state index contributed by atoms with van der Waals surface area (Å²) in [6.45, 7) is 0. The van der Waals surface area contributed by atoms with Crippen molar-refractivity contribution in [2.45, 2.75) is 0 Å². The first-order valence-electron chi connectivity index (χ1n) is 0.800. The first-order chi connectivity index (χ1) is 2.83. The zero-order valence-corrected chi connectivity index (χ0v) is 4.66. The van der Waals surface area contributed by atoms with E-state index in [2.05, 4.69) is 0 Å². The molecule has 7 heteroatoms. The summed E-state index contributed by atoms with van der Waals surface area (Å²) in [7, 11) is 0. The molecule has 0 aromatic heterocycles. The normalized spacial score (nSPS) is 2.29. The first kappa shape index (κ1) is 16.3. The molecule has 0 aliphatic carbocycles. The van der Waals surface area contributed by atoms with Gasteiger partial charge >= 0.3 is 19.5 Å². The van der Waals surface area contributed by atoms with Crippen molar-refractivity contribution in [1.29, 1.82) is 0 Å². The Morgan fingerprint density at radius 3 is 0.714 bits per heavy atom. The van der Waals surface area contributed by atoms with Gasteiger partial charge in [-0.2, -0.15) is 0 Å². The van der Waals surface area contributed by atoms with Gasteiger partial charge in [0.2, 0.25) is 0 Å². The molecule has 6 nitrogen and oxygen atoms in total. The Morgan fingerprint density at radius 2 is 0.714 bits per heavy atom. The van der Waals surface area contributed by atoms with Crippen molar-refractivity contribution in [3.63, 3.8) is 0 Å². The van der Waals surface area contributed by atoms with Crippen molar-refractivity contribution in [2.75, 3.05) is 0 Å². The second-order valence-corrected chi connectivity index (χ2v) is 0.179. The van der Waals surface area contributed by atoms with Gasteiger partial charge in [0.1, 0.15) is 0 Å². The predicted octanol–water partition coefficient (Wildman–Crippen LogP) is 1.73. The summed E-state index contributed by atoms with van der Waals surface area (Å²) in [6.07, 6.45) is 0. The maximum Gasteiger partial charge on any atom is 2.00 e. The van der Waals surface area contributed by atoms with Crippen LogP contribution in [-0.2, 0) is 19.5 Å². The van der Waals surface area contributed by atoms with Gasteiger partial charge in [0, 0.05) is 0 Å². The van der Waals surface area contributed by atoms with E-state index in [1.807, 2.05) is 0 Å². The second-order valence-electron chi connectivity index (χ2n) is 0.179. The second kappa shape index (κ2) is 61.1. The van der Waals surface area contributed by atoms with Crippen LogP contribution in [0, 0.1) is 0 Å². The van der Waals surface area contributed by atoms with Crippen molar-refractivity contribution in [1.82, 2.24) is 0 Å². The molecular formula is N6Rh. The third kappa shape index (κ3) is 96.3. The standard InChI is InChI=1S/2N3.Rh/c2*1-3-2;/q2*-1;+2. The molecule has 7 heavy (non-hydrogen) atoms. The van der Waals surface area contributed by atoms with Crippen molar-refractivity contribution < 1.29 is 19.5 Å². The van der Waals surface area contributed by atoms with Crippen LogP contribution in [-0.4, -0.2) is 0 Å². The summed E-state index contributed by atoms with van der Waals surface area (Å²) in [5.41, 5.74) is 27.0. The predicted molar refractivity (Wildman–Crippen MR) is 20.2 cm³/mol. The molecular weight excluding hydrogens is 187 g/mol. The van der Waals surface area contributed by atoms with Gasteiger partial charge in [0.15, 0.2) is 0 Å². The van der Waals surface area contributed by atoms with Gasteiger partial charge in [-0.3, -0.25) is 9.82 Å². The van der Waals surface area contributed by atoms with Crippen LogP contribution in [0.3, 0.4) is 0 Å². The summed E-state index contributed by atoms with van der Waals surface area (Å²) < 4.78 is 0. The Bertz CT molecular complexity index is 58.2. The molecule has 0 aliphatic rings. The van der Waals surface area contributed by atoms with Crippen LogP contribution in [0.2, 0.25) is 0 Å². The summed E-state index contributed by atoms with van der Waals surface area (Å²) in [6, 6.07) is 0. The van der Waals surface area contributed by atoms with E-state index < -0.39 is 0 Å². The molecule has 0 spiro atoms. The van der Waals surface area contributed by atoms with Crippen molar-refractivity contribution >= 4 is 0 Å². The van der Waals surface area contributed by atoms with Gasteiger partial charge in [-0.1, -0.05) is 0 Å². The molecule has 0 N–H and O–H groups in total. The Hall–Kier alpha value is -0.757. The van der Waals surface area contributed by atoms with Gasteiger partial charge in [-0.05, 0) is 0 Å². The van der Waals surface area contributed by atoms with Gasteiger partial charge < -0.3 is 22.1 Å². The molecule has 0 heterocycles. The van der Waals surface area contributed by atoms with Gasteiger partial charge in [0.05, 0.1) is 0 Å². The van der Waals surface area contributed by atoms with E-state index in [9.17, 15) is 0 Å². The van der Waals surface area contributed by atoms with Crippen molar-refractivity contribution in [3.05, 3.63) is 31.9 Å². The molecule has 0 fully saturated rings. The number of nitrogens with zero attached hydrogens (tertiary/aromatic N) is 6. The molecule has 0 aliphatic heterocycles. The van der Waals surface area contributed by atoms with E-state index in [-0.39, 0.29) is 19.5 Å². The Labute approximate surface area is 52.1 Å². The van der Waals surface area contributed by atoms with Crippen LogP contribution >= 0.6 is 0 Å². The maximum absolute atomic E-state index is 6.75. The van der Waals surface area contributed by atoms with Crippen molar-refractivity contribution in [2.24, 2.45) is 0 Å². The average molecular weight is 187 g/mol. The third-order valence-electron chi connectivity index (χ3n) is 0. The van der Waals surface area contributed by atoms with E-state index in [1.165, 1.54) is 9.82 Å². The van der Waals surface area contributed by atoms with E-state index in [0.717, 1.165) is 0 Å². The number of hydrogen-bond donors (Lipinski definition) is 0. The quantitative estimate of drug-likeness (QED) is 0.237. The largest absolute Gasteiger partial charge is 2.00 e. The Balaban J connectivity index is -0.0000000400. The first-order valence-corrected chi connectivity index (χ1v) is 0.800. The maximum atomic E-state index is 6.75. The number of rotatable bonds is 0. The van der Waals surface area contributed by atoms with Crippen LogP contribution in [0.5, 0.6) is 0 Å². The summed E-state index contributed by atoms with van der Waals surface area (Å²) in [5, 5.41) is 0. The van der Waals surface area contributed by atoms with Crippen LogP contribution in [0.1, 0.15) is 0 Å². The van der Waals surface area contributed by atoms with Gasteiger partial charge in [0.25, 0.3) is 0 Å². The molecule has 39 valence electrons. The molecule has 0 atom stereocenters. The average Bonchev–Trinajstić information content (AvgIpc) is 1.39. The minimum absolute atomic E-state index is 0. The molecule has 0 saturated heterocycles. The topological polar surface area (TPSA) is 117 Å². The fraction of sp³-hybridized carbons (Fsp3) is 0. The van der Waals surface area contributed by atoms with Gasteiger partial charge in [-0.15, -0.1) is 0 Å². The Kier molecular flexibility index (Phi) is 142. The number of hydrogen-bond acceptors (Lipinski definition) is 0. The van der Waals surface area contributed by atoms with Crippen LogP contribution in [0.25, 0.3) is 31.9 Å². The monoisotopic (exact) mass is 187 g/mol. The zero-order valence-electron chi connectivity index (χ0n) is 3.02.